The molecule has 0 radical (unpaired) electrons. The predicted molar refractivity (Wildman–Crippen MR) is 86.9 cm³/mol. The zero-order valence-electron chi connectivity index (χ0n) is 14.3. The number of ether oxygens (including phenoxy) is 1. The van der Waals surface area contributed by atoms with Crippen LogP contribution in [0.2, 0.25) is 0 Å². The lowest BCUT2D eigenvalue weighted by molar-refractivity contribution is -0.154. The molecule has 0 aliphatic heterocycles. The molecule has 0 amide bonds. The Bertz CT molecular complexity index is 209. The lowest BCUT2D eigenvalue weighted by Gasteiger charge is -2.31. The zero-order chi connectivity index (χ0) is 15.3. The van der Waals surface area contributed by atoms with Gasteiger partial charge in [-0.2, -0.15) is 0 Å². The number of hydrogen-bond acceptors (Lipinski definition) is 2. The van der Waals surface area contributed by atoms with Crippen LogP contribution in [0.4, 0.5) is 0 Å². The van der Waals surface area contributed by atoms with Crippen LogP contribution >= 0.6 is 0 Å². The van der Waals surface area contributed by atoms with Gasteiger partial charge in [0, 0.05) is 0 Å². The molecule has 0 saturated heterocycles. The summed E-state index contributed by atoms with van der Waals surface area (Å²) in [4.78, 5) is 12.4. The molecule has 0 spiro atoms. The Hall–Kier alpha value is -0.530. The second kappa shape index (κ2) is 12.2. The number of esters is 1. The van der Waals surface area contributed by atoms with Crippen molar-refractivity contribution in [1.29, 1.82) is 0 Å². The number of unbranched alkanes of at least 4 members (excludes halogenated alkanes) is 6. The standard InChI is InChI=1S/C18H36O2/c1-5-8-11-14-18(17(19)20-4,15-12-9-6-2)16-13-10-7-3/h5-16H2,1-4H3. The summed E-state index contributed by atoms with van der Waals surface area (Å²) >= 11 is 0. The van der Waals surface area contributed by atoms with Crippen LogP contribution < -0.4 is 0 Å². The summed E-state index contributed by atoms with van der Waals surface area (Å²) in [6, 6.07) is 0. The number of methoxy groups -OCH3 is 1. The van der Waals surface area contributed by atoms with Crippen molar-refractivity contribution in [2.75, 3.05) is 7.11 Å². The van der Waals surface area contributed by atoms with E-state index in [-0.39, 0.29) is 11.4 Å². The minimum atomic E-state index is -0.200. The Balaban J connectivity index is 4.71. The van der Waals surface area contributed by atoms with Crippen LogP contribution in [0.15, 0.2) is 0 Å². The molecule has 0 aromatic heterocycles. The van der Waals surface area contributed by atoms with E-state index in [2.05, 4.69) is 20.8 Å². The van der Waals surface area contributed by atoms with Gasteiger partial charge in [-0.05, 0) is 19.3 Å². The van der Waals surface area contributed by atoms with Crippen molar-refractivity contribution in [3.05, 3.63) is 0 Å². The molecule has 0 rings (SSSR count). The van der Waals surface area contributed by atoms with Crippen molar-refractivity contribution in [3.63, 3.8) is 0 Å². The molecule has 0 unspecified atom stereocenters. The Kier molecular flexibility index (Phi) is 11.9. The molecular weight excluding hydrogens is 248 g/mol. The fourth-order valence-corrected chi connectivity index (χ4v) is 3.04. The summed E-state index contributed by atoms with van der Waals surface area (Å²) in [5.74, 6) is 0.0424. The summed E-state index contributed by atoms with van der Waals surface area (Å²) in [6.07, 6.45) is 13.8. The maximum absolute atomic E-state index is 12.4. The number of carbonyl (C=O) groups excluding carboxylic acids is 1. The van der Waals surface area contributed by atoms with E-state index in [4.69, 9.17) is 4.74 Å². The molecule has 120 valence electrons. The number of carbonyl (C=O) groups is 1. The van der Waals surface area contributed by atoms with Gasteiger partial charge in [-0.15, -0.1) is 0 Å². The van der Waals surface area contributed by atoms with E-state index in [0.717, 1.165) is 38.5 Å². The van der Waals surface area contributed by atoms with Crippen molar-refractivity contribution in [2.24, 2.45) is 5.41 Å². The smallest absolute Gasteiger partial charge is 0.311 e. The molecule has 0 aliphatic rings. The first-order valence-corrected chi connectivity index (χ1v) is 8.75. The van der Waals surface area contributed by atoms with Crippen molar-refractivity contribution in [1.82, 2.24) is 0 Å². The molecular formula is C18H36O2. The summed E-state index contributed by atoms with van der Waals surface area (Å²) in [7, 11) is 1.55. The Labute approximate surface area is 126 Å². The third-order valence-electron chi connectivity index (χ3n) is 4.40. The first-order valence-electron chi connectivity index (χ1n) is 8.75. The van der Waals surface area contributed by atoms with Gasteiger partial charge in [-0.1, -0.05) is 78.6 Å². The number of hydrogen-bond donors (Lipinski definition) is 0. The third kappa shape index (κ3) is 7.31. The van der Waals surface area contributed by atoms with Gasteiger partial charge in [0.1, 0.15) is 0 Å². The fraction of sp³-hybridized carbons (Fsp3) is 0.944. The van der Waals surface area contributed by atoms with Crippen molar-refractivity contribution >= 4 is 5.97 Å². The maximum atomic E-state index is 12.4. The lowest BCUT2D eigenvalue weighted by Crippen LogP contribution is -2.32. The normalized spacial score (nSPS) is 11.6. The molecule has 0 fully saturated rings. The highest BCUT2D eigenvalue weighted by atomic mass is 16.5. The molecule has 0 saturated carbocycles. The molecule has 0 aromatic carbocycles. The van der Waals surface area contributed by atoms with Crippen LogP contribution in [0.3, 0.4) is 0 Å². The van der Waals surface area contributed by atoms with Crippen molar-refractivity contribution in [2.45, 2.75) is 97.8 Å². The molecule has 2 nitrogen and oxygen atoms in total. The average molecular weight is 284 g/mol. The molecule has 0 aromatic rings. The van der Waals surface area contributed by atoms with Crippen LogP contribution in [0, 0.1) is 5.41 Å². The van der Waals surface area contributed by atoms with Crippen LogP contribution in [0.1, 0.15) is 97.8 Å². The highest BCUT2D eigenvalue weighted by molar-refractivity contribution is 5.76. The summed E-state index contributed by atoms with van der Waals surface area (Å²) in [5, 5.41) is 0. The van der Waals surface area contributed by atoms with E-state index < -0.39 is 0 Å². The van der Waals surface area contributed by atoms with E-state index >= 15 is 0 Å². The Morgan fingerprint density at radius 2 is 1.10 bits per heavy atom. The molecule has 20 heavy (non-hydrogen) atoms. The SMILES string of the molecule is CCCCCC(CCCCC)(CCCCC)C(=O)OC. The fourth-order valence-electron chi connectivity index (χ4n) is 3.04. The van der Waals surface area contributed by atoms with Gasteiger partial charge in [0.15, 0.2) is 0 Å². The highest BCUT2D eigenvalue weighted by Crippen LogP contribution is 2.38. The topological polar surface area (TPSA) is 26.3 Å². The second-order valence-corrected chi connectivity index (χ2v) is 6.14. The quantitative estimate of drug-likeness (QED) is 0.311. The van der Waals surface area contributed by atoms with Gasteiger partial charge >= 0.3 is 5.97 Å². The molecule has 0 aliphatic carbocycles. The van der Waals surface area contributed by atoms with Crippen LogP contribution in [-0.2, 0) is 9.53 Å². The predicted octanol–water partition coefficient (Wildman–Crippen LogP) is 5.89. The first-order chi connectivity index (χ1) is 9.66. The van der Waals surface area contributed by atoms with Gasteiger partial charge in [0.05, 0.1) is 12.5 Å². The largest absolute Gasteiger partial charge is 0.469 e. The lowest BCUT2D eigenvalue weighted by atomic mass is 9.74. The van der Waals surface area contributed by atoms with Gasteiger partial charge in [0.2, 0.25) is 0 Å². The zero-order valence-corrected chi connectivity index (χ0v) is 14.3. The van der Waals surface area contributed by atoms with Crippen LogP contribution in [0.5, 0.6) is 0 Å². The highest BCUT2D eigenvalue weighted by Gasteiger charge is 2.37. The van der Waals surface area contributed by atoms with Gasteiger partial charge in [0.25, 0.3) is 0 Å². The second-order valence-electron chi connectivity index (χ2n) is 6.14. The van der Waals surface area contributed by atoms with E-state index in [9.17, 15) is 4.79 Å². The molecule has 0 bridgehead atoms. The monoisotopic (exact) mass is 284 g/mol. The van der Waals surface area contributed by atoms with Crippen LogP contribution in [-0.4, -0.2) is 13.1 Å². The molecule has 2 heteroatoms. The van der Waals surface area contributed by atoms with Gasteiger partial charge in [-0.25, -0.2) is 0 Å². The third-order valence-corrected chi connectivity index (χ3v) is 4.40. The van der Waals surface area contributed by atoms with Crippen molar-refractivity contribution in [3.8, 4) is 0 Å². The summed E-state index contributed by atoms with van der Waals surface area (Å²) in [5.41, 5.74) is -0.200. The maximum Gasteiger partial charge on any atom is 0.311 e. The summed E-state index contributed by atoms with van der Waals surface area (Å²) < 4.78 is 5.17. The Morgan fingerprint density at radius 1 is 0.750 bits per heavy atom. The molecule has 0 N–H and O–H groups in total. The first kappa shape index (κ1) is 19.5. The minimum Gasteiger partial charge on any atom is -0.469 e. The Morgan fingerprint density at radius 3 is 1.35 bits per heavy atom. The summed E-state index contributed by atoms with van der Waals surface area (Å²) in [6.45, 7) is 6.65. The average Bonchev–Trinajstić information content (AvgIpc) is 2.46. The molecule has 0 heterocycles. The van der Waals surface area contributed by atoms with Crippen LogP contribution in [0.25, 0.3) is 0 Å². The van der Waals surface area contributed by atoms with E-state index in [1.807, 2.05) is 0 Å². The minimum absolute atomic E-state index is 0.0424. The molecule has 0 atom stereocenters. The van der Waals surface area contributed by atoms with Gasteiger partial charge in [-0.3, -0.25) is 4.79 Å². The number of rotatable bonds is 13. The van der Waals surface area contributed by atoms with E-state index in [1.165, 1.54) is 38.5 Å². The van der Waals surface area contributed by atoms with Crippen molar-refractivity contribution < 1.29 is 9.53 Å². The van der Waals surface area contributed by atoms with E-state index in [1.54, 1.807) is 7.11 Å². The van der Waals surface area contributed by atoms with E-state index in [0.29, 0.717) is 0 Å². The van der Waals surface area contributed by atoms with Gasteiger partial charge < -0.3 is 4.74 Å².